The van der Waals surface area contributed by atoms with Crippen LogP contribution < -0.4 is 5.32 Å². The number of halogens is 2. The molecule has 0 fully saturated rings. The molecule has 0 heterocycles. The van der Waals surface area contributed by atoms with Crippen molar-refractivity contribution in [1.82, 2.24) is 5.32 Å². The first-order chi connectivity index (χ1) is 8.60. The Morgan fingerprint density at radius 3 is 2.78 bits per heavy atom. The van der Waals surface area contributed by atoms with E-state index in [0.717, 1.165) is 6.42 Å². The molecule has 1 atom stereocenters. The summed E-state index contributed by atoms with van der Waals surface area (Å²) in [6.07, 6.45) is 0.884. The van der Waals surface area contributed by atoms with Crippen LogP contribution >= 0.6 is 15.9 Å². The van der Waals surface area contributed by atoms with E-state index in [0.29, 0.717) is 23.2 Å². The molecule has 0 saturated carbocycles. The van der Waals surface area contributed by atoms with E-state index in [1.165, 1.54) is 6.07 Å². The van der Waals surface area contributed by atoms with Crippen LogP contribution in [0.4, 0.5) is 4.39 Å². The van der Waals surface area contributed by atoms with Crippen LogP contribution in [0.2, 0.25) is 0 Å². The predicted octanol–water partition coefficient (Wildman–Crippen LogP) is 3.19. The van der Waals surface area contributed by atoms with Crippen molar-refractivity contribution in [1.29, 1.82) is 0 Å². The van der Waals surface area contributed by atoms with Gasteiger partial charge < -0.3 is 10.1 Å². The molecule has 0 aliphatic heterocycles. The summed E-state index contributed by atoms with van der Waals surface area (Å²) in [6, 6.07) is 4.02. The van der Waals surface area contributed by atoms with Crippen molar-refractivity contribution < 1.29 is 13.9 Å². The highest BCUT2D eigenvalue weighted by atomic mass is 79.9. The molecular weight excluding hydrogens is 301 g/mol. The number of esters is 1. The Bertz CT molecular complexity index is 412. The quantitative estimate of drug-likeness (QED) is 0.819. The number of carbonyl (C=O) groups is 1. The Kier molecular flexibility index (Phi) is 6.29. The predicted molar refractivity (Wildman–Crippen MR) is 71.8 cm³/mol. The summed E-state index contributed by atoms with van der Waals surface area (Å²) in [6.45, 7) is 4.72. The van der Waals surface area contributed by atoms with E-state index >= 15 is 0 Å². The van der Waals surface area contributed by atoms with E-state index < -0.39 is 6.04 Å². The highest BCUT2D eigenvalue weighted by Crippen LogP contribution is 2.21. The Morgan fingerprint density at radius 1 is 1.50 bits per heavy atom. The third kappa shape index (κ3) is 4.07. The number of carbonyl (C=O) groups excluding carboxylic acids is 1. The minimum Gasteiger partial charge on any atom is -0.465 e. The molecule has 0 bridgehead atoms. The van der Waals surface area contributed by atoms with E-state index in [1.54, 1.807) is 19.1 Å². The largest absolute Gasteiger partial charge is 0.465 e. The fraction of sp³-hybridized carbons (Fsp3) is 0.462. The van der Waals surface area contributed by atoms with Gasteiger partial charge in [-0.05, 0) is 53.5 Å². The van der Waals surface area contributed by atoms with Crippen molar-refractivity contribution in [3.8, 4) is 0 Å². The maximum absolute atomic E-state index is 13.5. The molecular formula is C13H17BrFNO2. The van der Waals surface area contributed by atoms with Crippen molar-refractivity contribution >= 4 is 21.9 Å². The second kappa shape index (κ2) is 7.48. The van der Waals surface area contributed by atoms with Gasteiger partial charge >= 0.3 is 5.97 Å². The third-order valence-corrected chi connectivity index (χ3v) is 3.04. The Balaban J connectivity index is 2.93. The number of benzene rings is 1. The molecule has 1 unspecified atom stereocenters. The van der Waals surface area contributed by atoms with Gasteiger partial charge in [-0.2, -0.15) is 0 Å². The molecule has 3 nitrogen and oxygen atoms in total. The molecule has 1 aromatic carbocycles. The van der Waals surface area contributed by atoms with Crippen molar-refractivity contribution in [3.05, 3.63) is 34.1 Å². The molecule has 100 valence electrons. The van der Waals surface area contributed by atoms with Gasteiger partial charge in [-0.1, -0.05) is 13.0 Å². The number of hydrogen-bond donors (Lipinski definition) is 1. The lowest BCUT2D eigenvalue weighted by atomic mass is 10.1. The molecule has 1 rings (SSSR count). The van der Waals surface area contributed by atoms with Gasteiger partial charge in [0.15, 0.2) is 0 Å². The maximum Gasteiger partial charge on any atom is 0.327 e. The van der Waals surface area contributed by atoms with Crippen molar-refractivity contribution in [2.75, 3.05) is 13.2 Å². The van der Waals surface area contributed by atoms with Crippen molar-refractivity contribution in [3.63, 3.8) is 0 Å². The fourth-order valence-electron chi connectivity index (χ4n) is 1.54. The highest BCUT2D eigenvalue weighted by Gasteiger charge is 2.21. The second-order valence-corrected chi connectivity index (χ2v) is 4.67. The summed E-state index contributed by atoms with van der Waals surface area (Å²) in [5.74, 6) is -0.771. The van der Waals surface area contributed by atoms with Crippen LogP contribution in [-0.2, 0) is 9.53 Å². The molecule has 0 spiro atoms. The first-order valence-corrected chi connectivity index (χ1v) is 6.74. The first-order valence-electron chi connectivity index (χ1n) is 5.95. The highest BCUT2D eigenvalue weighted by molar-refractivity contribution is 9.10. The van der Waals surface area contributed by atoms with Gasteiger partial charge in [0.25, 0.3) is 0 Å². The smallest absolute Gasteiger partial charge is 0.327 e. The fourth-order valence-corrected chi connectivity index (χ4v) is 1.79. The van der Waals surface area contributed by atoms with Gasteiger partial charge in [-0.25, -0.2) is 9.18 Å². The SMILES string of the molecule is CCCNC(C(=O)OCC)c1ccc(Br)c(F)c1. The zero-order valence-electron chi connectivity index (χ0n) is 10.5. The minimum absolute atomic E-state index is 0.308. The second-order valence-electron chi connectivity index (χ2n) is 3.81. The van der Waals surface area contributed by atoms with Crippen molar-refractivity contribution in [2.45, 2.75) is 26.3 Å². The van der Waals surface area contributed by atoms with Crippen LogP contribution in [0, 0.1) is 5.82 Å². The summed E-state index contributed by atoms with van der Waals surface area (Å²) in [5, 5.41) is 3.06. The van der Waals surface area contributed by atoms with Crippen LogP contribution in [0.25, 0.3) is 0 Å². The zero-order valence-corrected chi connectivity index (χ0v) is 12.1. The molecule has 0 radical (unpaired) electrons. The molecule has 5 heteroatoms. The summed E-state index contributed by atoms with van der Waals surface area (Å²) in [5.41, 5.74) is 0.572. The van der Waals surface area contributed by atoms with Crippen LogP contribution in [0.3, 0.4) is 0 Å². The topological polar surface area (TPSA) is 38.3 Å². The monoisotopic (exact) mass is 317 g/mol. The van der Waals surface area contributed by atoms with E-state index in [-0.39, 0.29) is 11.8 Å². The van der Waals surface area contributed by atoms with Crippen LogP contribution in [0.1, 0.15) is 31.9 Å². The zero-order chi connectivity index (χ0) is 13.5. The maximum atomic E-state index is 13.5. The Hall–Kier alpha value is -0.940. The summed E-state index contributed by atoms with van der Waals surface area (Å²) >= 11 is 3.09. The average molecular weight is 318 g/mol. The Labute approximate surface area is 115 Å². The molecule has 0 aromatic heterocycles. The first kappa shape index (κ1) is 15.1. The van der Waals surface area contributed by atoms with Crippen LogP contribution in [0.15, 0.2) is 22.7 Å². The van der Waals surface area contributed by atoms with Crippen LogP contribution in [0.5, 0.6) is 0 Å². The molecule has 18 heavy (non-hydrogen) atoms. The van der Waals surface area contributed by atoms with Crippen LogP contribution in [-0.4, -0.2) is 19.1 Å². The summed E-state index contributed by atoms with van der Waals surface area (Å²) < 4.78 is 18.9. The van der Waals surface area contributed by atoms with Gasteiger partial charge in [-0.3, -0.25) is 0 Å². The number of nitrogens with one attached hydrogen (secondary N) is 1. The van der Waals surface area contributed by atoms with Gasteiger partial charge in [0.2, 0.25) is 0 Å². The van der Waals surface area contributed by atoms with Gasteiger partial charge in [-0.15, -0.1) is 0 Å². The number of hydrogen-bond acceptors (Lipinski definition) is 3. The molecule has 0 aliphatic rings. The molecule has 0 aliphatic carbocycles. The summed E-state index contributed by atoms with van der Waals surface area (Å²) in [4.78, 5) is 11.8. The lowest BCUT2D eigenvalue weighted by Crippen LogP contribution is -2.30. The standard InChI is InChI=1S/C13H17BrFNO2/c1-3-7-16-12(13(17)18-4-2)9-5-6-10(14)11(15)8-9/h5-6,8,12,16H,3-4,7H2,1-2H3. The minimum atomic E-state index is -0.618. The van der Waals surface area contributed by atoms with Gasteiger partial charge in [0, 0.05) is 0 Å². The number of ether oxygens (including phenoxy) is 1. The lowest BCUT2D eigenvalue weighted by molar-refractivity contribution is -0.145. The van der Waals surface area contributed by atoms with E-state index in [2.05, 4.69) is 21.2 Å². The molecule has 1 N–H and O–H groups in total. The average Bonchev–Trinajstić information content (AvgIpc) is 2.34. The molecule has 0 saturated heterocycles. The Morgan fingerprint density at radius 2 is 2.22 bits per heavy atom. The number of rotatable bonds is 6. The van der Waals surface area contributed by atoms with Gasteiger partial charge in [0.05, 0.1) is 11.1 Å². The van der Waals surface area contributed by atoms with Gasteiger partial charge in [0.1, 0.15) is 11.9 Å². The van der Waals surface area contributed by atoms with Crippen molar-refractivity contribution in [2.24, 2.45) is 0 Å². The molecule has 0 amide bonds. The lowest BCUT2D eigenvalue weighted by Gasteiger charge is -2.17. The summed E-state index contributed by atoms with van der Waals surface area (Å²) in [7, 11) is 0. The normalized spacial score (nSPS) is 12.2. The van der Waals surface area contributed by atoms with E-state index in [1.807, 2.05) is 6.92 Å². The third-order valence-electron chi connectivity index (χ3n) is 2.40. The van der Waals surface area contributed by atoms with E-state index in [9.17, 15) is 9.18 Å². The van der Waals surface area contributed by atoms with E-state index in [4.69, 9.17) is 4.74 Å². The molecule has 1 aromatic rings.